The van der Waals surface area contributed by atoms with Gasteiger partial charge in [0.2, 0.25) is 0 Å². The fourth-order valence-electron chi connectivity index (χ4n) is 6.06. The second-order valence-electron chi connectivity index (χ2n) is 11.6. The van der Waals surface area contributed by atoms with Crippen molar-refractivity contribution in [2.45, 2.75) is 91.2 Å². The fraction of sp³-hybridized carbons (Fsp3) is 0.769. The van der Waals surface area contributed by atoms with Crippen LogP contribution in [0.4, 0.5) is 0 Å². The van der Waals surface area contributed by atoms with Gasteiger partial charge in [-0.05, 0) is 78.9 Å². The van der Waals surface area contributed by atoms with Crippen molar-refractivity contribution < 1.29 is 9.84 Å². The van der Waals surface area contributed by atoms with Crippen LogP contribution in [-0.2, 0) is 5.41 Å². The van der Waals surface area contributed by atoms with Crippen molar-refractivity contribution in [1.29, 1.82) is 0 Å². The van der Waals surface area contributed by atoms with Crippen molar-refractivity contribution in [3.63, 3.8) is 0 Å². The highest BCUT2D eigenvalue weighted by Crippen LogP contribution is 2.49. The molecule has 2 aliphatic rings. The monoisotopic (exact) mass is 401 g/mol. The quantitative estimate of drug-likeness (QED) is 0.570. The van der Waals surface area contributed by atoms with Gasteiger partial charge in [0.05, 0.1) is 0 Å². The Morgan fingerprint density at radius 1 is 1.07 bits per heavy atom. The number of aliphatic hydroxyl groups is 1. The van der Waals surface area contributed by atoms with Crippen molar-refractivity contribution in [2.24, 2.45) is 23.2 Å². The molecule has 1 aromatic carbocycles. The van der Waals surface area contributed by atoms with E-state index in [0.29, 0.717) is 24.6 Å². The Hall–Kier alpha value is -1.06. The van der Waals surface area contributed by atoms with E-state index in [4.69, 9.17) is 4.74 Å². The largest absolute Gasteiger partial charge is 0.491 e. The molecule has 3 heteroatoms. The molecule has 2 fully saturated rings. The van der Waals surface area contributed by atoms with E-state index in [1.807, 2.05) is 12.1 Å². The molecule has 0 heterocycles. The summed E-state index contributed by atoms with van der Waals surface area (Å²) in [5.74, 6) is 3.52. The Bertz CT molecular complexity index is 646. The van der Waals surface area contributed by atoms with Gasteiger partial charge in [-0.25, -0.2) is 0 Å². The summed E-state index contributed by atoms with van der Waals surface area (Å²) in [5.41, 5.74) is 1.77. The molecule has 3 nitrogen and oxygen atoms in total. The predicted molar refractivity (Wildman–Crippen MR) is 121 cm³/mol. The van der Waals surface area contributed by atoms with Gasteiger partial charge in [0.1, 0.15) is 18.5 Å². The number of nitrogens with one attached hydrogen (secondary N) is 1. The summed E-state index contributed by atoms with van der Waals surface area (Å²) >= 11 is 0. The SMILES string of the molecule is CC(NCC(O)COc1ccc(C(C)(C)CC(C)(C)C)cc1)C1CC2CCC1C2. The van der Waals surface area contributed by atoms with Gasteiger partial charge in [-0.15, -0.1) is 0 Å². The summed E-state index contributed by atoms with van der Waals surface area (Å²) in [7, 11) is 0. The van der Waals surface area contributed by atoms with E-state index in [0.717, 1.165) is 29.9 Å². The van der Waals surface area contributed by atoms with E-state index in [2.05, 4.69) is 59.0 Å². The summed E-state index contributed by atoms with van der Waals surface area (Å²) in [6, 6.07) is 8.91. The van der Waals surface area contributed by atoms with E-state index in [1.54, 1.807) is 0 Å². The maximum atomic E-state index is 10.4. The number of hydrogen-bond donors (Lipinski definition) is 2. The van der Waals surface area contributed by atoms with Crippen molar-refractivity contribution in [1.82, 2.24) is 5.32 Å². The number of aliphatic hydroxyl groups excluding tert-OH is 1. The lowest BCUT2D eigenvalue weighted by molar-refractivity contribution is 0.0993. The molecule has 0 radical (unpaired) electrons. The van der Waals surface area contributed by atoms with E-state index in [1.165, 1.54) is 31.2 Å². The number of benzene rings is 1. The molecule has 1 aromatic rings. The van der Waals surface area contributed by atoms with Gasteiger partial charge in [0.25, 0.3) is 0 Å². The third kappa shape index (κ3) is 6.21. The maximum absolute atomic E-state index is 10.4. The molecule has 2 aliphatic carbocycles. The average Bonchev–Trinajstić information content (AvgIpc) is 3.26. The smallest absolute Gasteiger partial charge is 0.119 e. The Labute approximate surface area is 178 Å². The molecule has 5 unspecified atom stereocenters. The molecule has 0 spiro atoms. The molecule has 164 valence electrons. The van der Waals surface area contributed by atoms with Crippen molar-refractivity contribution >= 4 is 0 Å². The molecule has 3 rings (SSSR count). The molecule has 0 amide bonds. The molecular formula is C26H43NO2. The van der Waals surface area contributed by atoms with Crippen LogP contribution in [0, 0.1) is 23.2 Å². The van der Waals surface area contributed by atoms with Crippen LogP contribution in [0.25, 0.3) is 0 Å². The lowest BCUT2D eigenvalue weighted by atomic mass is 9.72. The first-order chi connectivity index (χ1) is 13.5. The van der Waals surface area contributed by atoms with Crippen LogP contribution >= 0.6 is 0 Å². The van der Waals surface area contributed by atoms with E-state index in [9.17, 15) is 5.11 Å². The highest BCUT2D eigenvalue weighted by molar-refractivity contribution is 5.31. The molecule has 0 aromatic heterocycles. The summed E-state index contributed by atoms with van der Waals surface area (Å²) in [4.78, 5) is 0. The van der Waals surface area contributed by atoms with Crippen LogP contribution in [0.15, 0.2) is 24.3 Å². The standard InChI is InChI=1S/C26H43NO2/c1-18(24-14-19-7-8-20(24)13-19)27-15-22(28)16-29-23-11-9-21(10-12-23)26(5,6)17-25(2,3)4/h9-12,18-20,22,24,27-28H,7-8,13-17H2,1-6H3. The van der Waals surface area contributed by atoms with Crippen LogP contribution in [0.1, 0.15) is 79.2 Å². The van der Waals surface area contributed by atoms with Crippen molar-refractivity contribution in [2.75, 3.05) is 13.2 Å². The first-order valence-electron chi connectivity index (χ1n) is 11.7. The Kier molecular flexibility index (Phi) is 7.00. The Morgan fingerprint density at radius 2 is 1.76 bits per heavy atom. The predicted octanol–water partition coefficient (Wildman–Crippen LogP) is 5.55. The molecule has 2 bridgehead atoms. The summed E-state index contributed by atoms with van der Waals surface area (Å²) in [6.07, 6.45) is 6.32. The maximum Gasteiger partial charge on any atom is 0.119 e. The first-order valence-corrected chi connectivity index (χ1v) is 11.7. The van der Waals surface area contributed by atoms with E-state index >= 15 is 0 Å². The zero-order valence-electron chi connectivity index (χ0n) is 19.5. The zero-order chi connectivity index (χ0) is 21.2. The molecule has 5 atom stereocenters. The third-order valence-electron chi connectivity index (χ3n) is 7.16. The summed E-state index contributed by atoms with van der Waals surface area (Å²) in [6.45, 7) is 14.7. The van der Waals surface area contributed by atoms with Gasteiger partial charge in [-0.2, -0.15) is 0 Å². The number of hydrogen-bond acceptors (Lipinski definition) is 3. The second kappa shape index (κ2) is 8.98. The van der Waals surface area contributed by atoms with Crippen LogP contribution in [-0.4, -0.2) is 30.4 Å². The van der Waals surface area contributed by atoms with Crippen LogP contribution in [0.3, 0.4) is 0 Å². The minimum atomic E-state index is -0.479. The van der Waals surface area contributed by atoms with Crippen LogP contribution in [0.2, 0.25) is 0 Å². The molecule has 2 saturated carbocycles. The normalized spacial score (nSPS) is 26.5. The van der Waals surface area contributed by atoms with E-state index < -0.39 is 6.10 Å². The minimum absolute atomic E-state index is 0.135. The highest BCUT2D eigenvalue weighted by atomic mass is 16.5. The van der Waals surface area contributed by atoms with Gasteiger partial charge >= 0.3 is 0 Å². The Balaban J connectivity index is 1.41. The topological polar surface area (TPSA) is 41.5 Å². The zero-order valence-corrected chi connectivity index (χ0v) is 19.5. The van der Waals surface area contributed by atoms with Gasteiger partial charge < -0.3 is 15.2 Å². The molecular weight excluding hydrogens is 358 g/mol. The van der Waals surface area contributed by atoms with Crippen molar-refractivity contribution in [3.8, 4) is 5.75 Å². The summed E-state index contributed by atoms with van der Waals surface area (Å²) in [5, 5.41) is 13.9. The van der Waals surface area contributed by atoms with Crippen molar-refractivity contribution in [3.05, 3.63) is 29.8 Å². The molecule has 29 heavy (non-hydrogen) atoms. The Morgan fingerprint density at radius 3 is 2.31 bits per heavy atom. The summed E-state index contributed by atoms with van der Waals surface area (Å²) < 4.78 is 5.85. The lowest BCUT2D eigenvalue weighted by Crippen LogP contribution is -2.41. The van der Waals surface area contributed by atoms with E-state index in [-0.39, 0.29) is 5.41 Å². The fourth-order valence-corrected chi connectivity index (χ4v) is 6.06. The number of rotatable bonds is 9. The van der Waals surface area contributed by atoms with Crippen LogP contribution < -0.4 is 10.1 Å². The van der Waals surface area contributed by atoms with Gasteiger partial charge in [0, 0.05) is 12.6 Å². The molecule has 0 saturated heterocycles. The van der Waals surface area contributed by atoms with Gasteiger partial charge in [-0.3, -0.25) is 0 Å². The first kappa shape index (κ1) is 22.6. The third-order valence-corrected chi connectivity index (χ3v) is 7.16. The highest BCUT2D eigenvalue weighted by Gasteiger charge is 2.41. The number of fused-ring (bicyclic) bond motifs is 2. The van der Waals surface area contributed by atoms with Gasteiger partial charge in [0.15, 0.2) is 0 Å². The second-order valence-corrected chi connectivity index (χ2v) is 11.6. The number of ether oxygens (including phenoxy) is 1. The van der Waals surface area contributed by atoms with Crippen LogP contribution in [0.5, 0.6) is 5.75 Å². The lowest BCUT2D eigenvalue weighted by Gasteiger charge is -2.33. The van der Waals surface area contributed by atoms with Gasteiger partial charge in [-0.1, -0.05) is 53.2 Å². The minimum Gasteiger partial charge on any atom is -0.491 e. The molecule has 0 aliphatic heterocycles. The molecule has 2 N–H and O–H groups in total. The average molecular weight is 402 g/mol.